The predicted octanol–water partition coefficient (Wildman–Crippen LogP) is 5.38. The molecule has 31 heavy (non-hydrogen) atoms. The summed E-state index contributed by atoms with van der Waals surface area (Å²) in [5.41, 5.74) is 4.25. The molecule has 2 N–H and O–H groups in total. The summed E-state index contributed by atoms with van der Waals surface area (Å²) in [7, 11) is 0. The monoisotopic (exact) mass is 416 g/mol. The first-order valence-electron chi connectivity index (χ1n) is 10.8. The van der Waals surface area contributed by atoms with Gasteiger partial charge in [-0.15, -0.1) is 0 Å². The van der Waals surface area contributed by atoms with Crippen molar-refractivity contribution in [1.82, 2.24) is 19.6 Å². The van der Waals surface area contributed by atoms with Gasteiger partial charge in [-0.25, -0.2) is 18.9 Å². The second kappa shape index (κ2) is 8.34. The van der Waals surface area contributed by atoms with Crippen molar-refractivity contribution >= 4 is 17.3 Å². The van der Waals surface area contributed by atoms with E-state index < -0.39 is 0 Å². The first kappa shape index (κ1) is 19.5. The number of fused-ring (bicyclic) bond motifs is 1. The van der Waals surface area contributed by atoms with Crippen LogP contribution in [-0.4, -0.2) is 32.2 Å². The van der Waals surface area contributed by atoms with Crippen LogP contribution in [0.25, 0.3) is 28.0 Å². The van der Waals surface area contributed by atoms with E-state index in [9.17, 15) is 4.39 Å². The largest absolute Gasteiger partial charge is 0.367 e. The Labute approximate surface area is 180 Å². The summed E-state index contributed by atoms with van der Waals surface area (Å²) in [5.74, 6) is 1.28. The highest BCUT2D eigenvalue weighted by Gasteiger charge is 2.24. The molecule has 0 bridgehead atoms. The van der Waals surface area contributed by atoms with Crippen LogP contribution in [0.1, 0.15) is 32.6 Å². The van der Waals surface area contributed by atoms with E-state index in [-0.39, 0.29) is 5.82 Å². The van der Waals surface area contributed by atoms with E-state index in [2.05, 4.69) is 22.5 Å². The third-order valence-electron chi connectivity index (χ3n) is 5.43. The Kier molecular flexibility index (Phi) is 5.24. The van der Waals surface area contributed by atoms with Gasteiger partial charge in [-0.3, -0.25) is 0 Å². The summed E-state index contributed by atoms with van der Waals surface area (Å²) in [6, 6.07) is 15.0. The van der Waals surface area contributed by atoms with Crippen LogP contribution in [0.5, 0.6) is 0 Å². The van der Waals surface area contributed by atoms with Gasteiger partial charge in [0.25, 0.3) is 0 Å². The Bertz CT molecular complexity index is 1200. The Morgan fingerprint density at radius 2 is 1.94 bits per heavy atom. The fraction of sp³-hybridized carbons (Fsp3) is 0.292. The molecule has 7 heteroatoms. The molecule has 3 heterocycles. The molecule has 0 saturated heterocycles. The van der Waals surface area contributed by atoms with Crippen molar-refractivity contribution in [1.29, 1.82) is 0 Å². The minimum atomic E-state index is -0.269. The lowest BCUT2D eigenvalue weighted by Gasteiger charge is -2.08. The van der Waals surface area contributed by atoms with Gasteiger partial charge in [-0.05, 0) is 61.7 Å². The number of hydrogen-bond donors (Lipinski definition) is 2. The lowest BCUT2D eigenvalue weighted by atomic mass is 10.0. The molecule has 1 saturated carbocycles. The first-order chi connectivity index (χ1) is 15.2. The zero-order valence-electron chi connectivity index (χ0n) is 17.5. The van der Waals surface area contributed by atoms with E-state index in [0.29, 0.717) is 12.0 Å². The number of hydrogen-bond acceptors (Lipinski definition) is 5. The van der Waals surface area contributed by atoms with Crippen molar-refractivity contribution in [3.8, 4) is 22.5 Å². The molecule has 5 rings (SSSR count). The number of aromatic nitrogens is 4. The summed E-state index contributed by atoms with van der Waals surface area (Å²) in [6.45, 7) is 2.98. The van der Waals surface area contributed by atoms with Gasteiger partial charge < -0.3 is 10.6 Å². The van der Waals surface area contributed by atoms with Gasteiger partial charge in [0.15, 0.2) is 0 Å². The number of pyridine rings is 1. The molecule has 3 aromatic heterocycles. The van der Waals surface area contributed by atoms with Crippen LogP contribution in [0.15, 0.2) is 54.7 Å². The Morgan fingerprint density at radius 1 is 1.10 bits per heavy atom. The fourth-order valence-corrected chi connectivity index (χ4v) is 3.64. The van der Waals surface area contributed by atoms with Crippen LogP contribution < -0.4 is 10.6 Å². The third-order valence-corrected chi connectivity index (χ3v) is 5.43. The minimum absolute atomic E-state index is 0.269. The summed E-state index contributed by atoms with van der Waals surface area (Å²) in [5, 5.41) is 11.8. The zero-order valence-corrected chi connectivity index (χ0v) is 17.5. The molecule has 0 spiro atoms. The van der Waals surface area contributed by atoms with Crippen LogP contribution in [-0.2, 0) is 0 Å². The molecule has 4 aromatic rings. The van der Waals surface area contributed by atoms with Crippen LogP contribution in [0.3, 0.4) is 0 Å². The van der Waals surface area contributed by atoms with E-state index >= 15 is 0 Å². The van der Waals surface area contributed by atoms with E-state index in [1.54, 1.807) is 18.3 Å². The van der Waals surface area contributed by atoms with Gasteiger partial charge in [0.1, 0.15) is 17.3 Å². The van der Waals surface area contributed by atoms with Gasteiger partial charge in [0.2, 0.25) is 5.95 Å². The lowest BCUT2D eigenvalue weighted by molar-refractivity contribution is 0.628. The Balaban J connectivity index is 1.65. The van der Waals surface area contributed by atoms with Gasteiger partial charge in [0, 0.05) is 24.3 Å². The lowest BCUT2D eigenvalue weighted by Crippen LogP contribution is -2.06. The smallest absolute Gasteiger partial charge is 0.223 e. The summed E-state index contributed by atoms with van der Waals surface area (Å²) in [4.78, 5) is 9.14. The number of nitrogens with zero attached hydrogens (tertiary/aromatic N) is 4. The molecule has 0 atom stereocenters. The average molecular weight is 417 g/mol. The number of unbranched alkanes of at least 4 members (excludes halogenated alkanes) is 1. The maximum absolute atomic E-state index is 13.6. The summed E-state index contributed by atoms with van der Waals surface area (Å²) >= 11 is 0. The van der Waals surface area contributed by atoms with E-state index in [0.717, 1.165) is 53.2 Å². The first-order valence-corrected chi connectivity index (χ1v) is 10.8. The van der Waals surface area contributed by atoms with Gasteiger partial charge >= 0.3 is 0 Å². The molecule has 0 radical (unpaired) electrons. The molecule has 1 aromatic carbocycles. The molecule has 0 aliphatic heterocycles. The summed E-state index contributed by atoms with van der Waals surface area (Å²) in [6.07, 6.45) is 6.27. The predicted molar refractivity (Wildman–Crippen MR) is 122 cm³/mol. The SMILES string of the molecule is CCCCNc1nccc(-c2c(-c3ccc(F)cc3)nn3c(NC4CC4)cccc23)n1. The van der Waals surface area contributed by atoms with Gasteiger partial charge in [-0.2, -0.15) is 5.10 Å². The standard InChI is InChI=1S/C24H25FN6/c1-2-3-14-26-24-27-15-13-19(29-24)22-20-5-4-6-21(28-18-11-12-18)31(20)30-23(22)16-7-9-17(25)10-8-16/h4-10,13,15,18,28H,2-3,11-12,14H2,1H3,(H,26,27,29). The fourth-order valence-electron chi connectivity index (χ4n) is 3.64. The number of benzene rings is 1. The highest BCUT2D eigenvalue weighted by molar-refractivity contribution is 5.91. The van der Waals surface area contributed by atoms with Crippen molar-refractivity contribution in [3.63, 3.8) is 0 Å². The number of rotatable bonds is 8. The Hall–Kier alpha value is -3.48. The van der Waals surface area contributed by atoms with Crippen molar-refractivity contribution in [2.75, 3.05) is 17.2 Å². The average Bonchev–Trinajstić information content (AvgIpc) is 3.51. The topological polar surface area (TPSA) is 67.1 Å². The van der Waals surface area contributed by atoms with Crippen LogP contribution in [0.2, 0.25) is 0 Å². The minimum Gasteiger partial charge on any atom is -0.367 e. The van der Waals surface area contributed by atoms with Crippen LogP contribution in [0.4, 0.5) is 16.2 Å². The molecule has 1 fully saturated rings. The van der Waals surface area contributed by atoms with Crippen molar-refractivity contribution < 1.29 is 4.39 Å². The third kappa shape index (κ3) is 4.08. The molecule has 0 amide bonds. The van der Waals surface area contributed by atoms with E-state index in [1.807, 2.05) is 28.8 Å². The summed E-state index contributed by atoms with van der Waals surface area (Å²) < 4.78 is 15.5. The molecule has 1 aliphatic rings. The molecular weight excluding hydrogens is 391 g/mol. The highest BCUT2D eigenvalue weighted by Crippen LogP contribution is 2.36. The molecule has 1 aliphatic carbocycles. The van der Waals surface area contributed by atoms with Crippen molar-refractivity contribution in [2.45, 2.75) is 38.6 Å². The Morgan fingerprint density at radius 3 is 2.71 bits per heavy atom. The van der Waals surface area contributed by atoms with Gasteiger partial charge in [0.05, 0.1) is 16.8 Å². The van der Waals surface area contributed by atoms with Gasteiger partial charge in [-0.1, -0.05) is 19.4 Å². The van der Waals surface area contributed by atoms with E-state index in [4.69, 9.17) is 10.1 Å². The normalized spacial score (nSPS) is 13.5. The molecule has 158 valence electrons. The highest BCUT2D eigenvalue weighted by atomic mass is 19.1. The maximum Gasteiger partial charge on any atom is 0.223 e. The molecule has 6 nitrogen and oxygen atoms in total. The van der Waals surface area contributed by atoms with Crippen molar-refractivity contribution in [2.24, 2.45) is 0 Å². The van der Waals surface area contributed by atoms with Crippen LogP contribution in [0, 0.1) is 5.82 Å². The number of halogens is 1. The van der Waals surface area contributed by atoms with Crippen LogP contribution >= 0.6 is 0 Å². The number of anilines is 2. The quantitative estimate of drug-likeness (QED) is 0.377. The second-order valence-corrected chi connectivity index (χ2v) is 7.90. The number of nitrogens with one attached hydrogen (secondary N) is 2. The zero-order chi connectivity index (χ0) is 21.2. The van der Waals surface area contributed by atoms with Crippen molar-refractivity contribution in [3.05, 3.63) is 60.5 Å². The second-order valence-electron chi connectivity index (χ2n) is 7.90. The maximum atomic E-state index is 13.6. The van der Waals surface area contributed by atoms with E-state index in [1.165, 1.54) is 25.0 Å². The molecule has 0 unspecified atom stereocenters. The molecular formula is C24H25FN6.